The molecule has 0 aromatic heterocycles. The Bertz CT molecular complexity index is 807. The summed E-state index contributed by atoms with van der Waals surface area (Å²) in [6.07, 6.45) is 3.79. The molecule has 156 valence electrons. The Morgan fingerprint density at radius 3 is 2.38 bits per heavy atom. The predicted octanol–water partition coefficient (Wildman–Crippen LogP) is 0.388. The summed E-state index contributed by atoms with van der Waals surface area (Å²) < 4.78 is 0. The van der Waals surface area contributed by atoms with Gasteiger partial charge in [-0.25, -0.2) is 9.69 Å². The lowest BCUT2D eigenvalue weighted by Crippen LogP contribution is -3.09. The van der Waals surface area contributed by atoms with Gasteiger partial charge in [0, 0.05) is 24.2 Å². The van der Waals surface area contributed by atoms with E-state index in [4.69, 9.17) is 0 Å². The third-order valence-electron chi connectivity index (χ3n) is 5.86. The van der Waals surface area contributed by atoms with Gasteiger partial charge in [-0.1, -0.05) is 31.9 Å². The molecule has 1 aliphatic carbocycles. The summed E-state index contributed by atoms with van der Waals surface area (Å²) in [5.41, 5.74) is 1.54. The fourth-order valence-corrected chi connectivity index (χ4v) is 4.23. The van der Waals surface area contributed by atoms with Crippen molar-refractivity contribution >= 4 is 23.8 Å². The number of quaternary nitrogens is 1. The number of nitrogens with one attached hydrogen (secondary N) is 2. The van der Waals surface area contributed by atoms with Crippen LogP contribution in [0, 0.1) is 5.92 Å². The summed E-state index contributed by atoms with van der Waals surface area (Å²) in [5.74, 6) is -1.37. The number of imide groups is 2. The summed E-state index contributed by atoms with van der Waals surface area (Å²) in [6.45, 7) is 2.72. The zero-order chi connectivity index (χ0) is 21.1. The molecule has 0 spiro atoms. The molecule has 1 unspecified atom stereocenters. The second kappa shape index (κ2) is 8.73. The Morgan fingerprint density at radius 2 is 1.76 bits per heavy atom. The first-order chi connectivity index (χ1) is 13.8. The van der Waals surface area contributed by atoms with Crippen LogP contribution in [0.1, 0.15) is 48.5 Å². The van der Waals surface area contributed by atoms with E-state index >= 15 is 0 Å². The third kappa shape index (κ3) is 4.32. The second-order valence-electron chi connectivity index (χ2n) is 8.09. The maximum Gasteiger partial charge on any atom is 0.338 e. The highest BCUT2D eigenvalue weighted by molar-refractivity contribution is 6.44. The van der Waals surface area contributed by atoms with E-state index in [0.29, 0.717) is 12.1 Å². The van der Waals surface area contributed by atoms with Gasteiger partial charge in [-0.15, -0.1) is 0 Å². The van der Waals surface area contributed by atoms with E-state index in [1.54, 1.807) is 19.2 Å². The number of urea groups is 1. The lowest BCUT2D eigenvalue weighted by Gasteiger charge is -2.34. The van der Waals surface area contributed by atoms with Gasteiger partial charge >= 0.3 is 17.8 Å². The highest BCUT2D eigenvalue weighted by Crippen LogP contribution is 2.30. The van der Waals surface area contributed by atoms with Gasteiger partial charge in [0.1, 0.15) is 6.54 Å². The van der Waals surface area contributed by atoms with E-state index < -0.39 is 17.8 Å². The van der Waals surface area contributed by atoms with E-state index in [9.17, 15) is 19.2 Å². The minimum atomic E-state index is -0.734. The molecule has 1 aromatic carbocycles. The molecule has 2 fully saturated rings. The average molecular weight is 401 g/mol. The van der Waals surface area contributed by atoms with Crippen molar-refractivity contribution in [2.75, 3.05) is 20.8 Å². The van der Waals surface area contributed by atoms with Crippen LogP contribution >= 0.6 is 0 Å². The van der Waals surface area contributed by atoms with Crippen LogP contribution in [0.2, 0.25) is 0 Å². The van der Waals surface area contributed by atoms with Crippen LogP contribution in [-0.4, -0.2) is 60.4 Å². The second-order valence-corrected chi connectivity index (χ2v) is 8.09. The number of carbonyl (C=O) groups excluding carboxylic acids is 4. The molecule has 3 rings (SSSR count). The summed E-state index contributed by atoms with van der Waals surface area (Å²) in [4.78, 5) is 52.6. The number of benzene rings is 1. The van der Waals surface area contributed by atoms with Gasteiger partial charge < -0.3 is 10.2 Å². The van der Waals surface area contributed by atoms with Gasteiger partial charge in [0.15, 0.2) is 6.67 Å². The topological polar surface area (TPSA) is 91.2 Å². The Hall–Kier alpha value is -2.74. The molecule has 0 bridgehead atoms. The molecule has 29 heavy (non-hydrogen) atoms. The van der Waals surface area contributed by atoms with Crippen molar-refractivity contribution < 1.29 is 24.1 Å². The molecule has 2 aliphatic rings. The summed E-state index contributed by atoms with van der Waals surface area (Å²) in [6, 6.07) is 6.50. The van der Waals surface area contributed by atoms with Gasteiger partial charge in [-0.2, -0.15) is 0 Å². The Balaban J connectivity index is 1.64. The van der Waals surface area contributed by atoms with E-state index in [-0.39, 0.29) is 24.5 Å². The molecule has 1 aliphatic heterocycles. The number of hydrogen-bond donors (Lipinski definition) is 2. The van der Waals surface area contributed by atoms with E-state index in [1.807, 2.05) is 26.1 Å². The number of amides is 5. The molecule has 1 aromatic rings. The molecule has 5 amide bonds. The molecule has 8 nitrogen and oxygen atoms in total. The van der Waals surface area contributed by atoms with Gasteiger partial charge in [-0.3, -0.25) is 19.3 Å². The van der Waals surface area contributed by atoms with Crippen molar-refractivity contribution in [2.45, 2.75) is 45.2 Å². The lowest BCUT2D eigenvalue weighted by atomic mass is 9.85. The molecular weight excluding hydrogens is 372 g/mol. The van der Waals surface area contributed by atoms with Crippen LogP contribution in [0.15, 0.2) is 24.3 Å². The molecule has 8 heteroatoms. The van der Waals surface area contributed by atoms with Crippen molar-refractivity contribution in [2.24, 2.45) is 5.92 Å². The first-order valence-electron chi connectivity index (χ1n) is 10.1. The Labute approximate surface area is 170 Å². The molecular formula is C21H29N4O4+. The first-order valence-corrected chi connectivity index (χ1v) is 10.1. The largest absolute Gasteiger partial charge is 0.355 e. The maximum absolute atomic E-state index is 12.9. The zero-order valence-corrected chi connectivity index (χ0v) is 17.2. The fourth-order valence-electron chi connectivity index (χ4n) is 4.23. The maximum atomic E-state index is 12.9. The number of rotatable bonds is 6. The molecule has 3 atom stereocenters. The monoisotopic (exact) mass is 401 g/mol. The van der Waals surface area contributed by atoms with Gasteiger partial charge in [0.25, 0.3) is 5.91 Å². The van der Waals surface area contributed by atoms with Crippen molar-refractivity contribution in [3.8, 4) is 0 Å². The minimum absolute atomic E-state index is 0.123. The normalized spacial score (nSPS) is 23.5. The van der Waals surface area contributed by atoms with Crippen LogP contribution in [-0.2, 0) is 16.1 Å². The van der Waals surface area contributed by atoms with Gasteiger partial charge in [-0.05, 0) is 30.9 Å². The molecule has 1 saturated carbocycles. The average Bonchev–Trinajstić information content (AvgIpc) is 2.92. The van der Waals surface area contributed by atoms with E-state index in [1.165, 1.54) is 4.90 Å². The quantitative estimate of drug-likeness (QED) is 0.533. The van der Waals surface area contributed by atoms with Crippen LogP contribution in [0.5, 0.6) is 0 Å². The van der Waals surface area contributed by atoms with Crippen molar-refractivity contribution in [1.82, 2.24) is 15.1 Å². The van der Waals surface area contributed by atoms with Gasteiger partial charge in [0.2, 0.25) is 0 Å². The summed E-state index contributed by atoms with van der Waals surface area (Å²) in [7, 11) is 3.44. The Morgan fingerprint density at radius 1 is 1.10 bits per heavy atom. The zero-order valence-electron chi connectivity index (χ0n) is 17.2. The van der Waals surface area contributed by atoms with E-state index in [0.717, 1.165) is 41.0 Å². The molecule has 1 heterocycles. The summed E-state index contributed by atoms with van der Waals surface area (Å²) in [5, 5.41) is 2.58. The van der Waals surface area contributed by atoms with Crippen molar-refractivity contribution in [3.63, 3.8) is 0 Å². The highest BCUT2D eigenvalue weighted by atomic mass is 16.2. The first kappa shape index (κ1) is 21.0. The number of carbonyl (C=O) groups is 4. The lowest BCUT2D eigenvalue weighted by molar-refractivity contribution is -0.901. The number of hydrogen-bond acceptors (Lipinski definition) is 4. The third-order valence-corrected chi connectivity index (χ3v) is 5.86. The van der Waals surface area contributed by atoms with E-state index in [2.05, 4.69) is 5.32 Å². The van der Waals surface area contributed by atoms with Gasteiger partial charge in [0.05, 0.1) is 7.05 Å². The standard InChI is InChI=1S/C21H28N4O4/c1-14-6-4-5-7-17(14)25-20(28)19(27)24(21(25)29)13-23(3)12-15-8-10-16(11-9-15)18(26)22-2/h8-11,14,17H,4-7,12-13H2,1-3H3,(H,22,26)/p+1/t14-,17-/m0/s1. The highest BCUT2D eigenvalue weighted by Gasteiger charge is 2.50. The molecule has 0 radical (unpaired) electrons. The number of nitrogens with zero attached hydrogens (tertiary/aromatic N) is 2. The van der Waals surface area contributed by atoms with Crippen LogP contribution in [0.25, 0.3) is 0 Å². The van der Waals surface area contributed by atoms with Crippen LogP contribution < -0.4 is 10.2 Å². The molecule has 2 N–H and O–H groups in total. The van der Waals surface area contributed by atoms with Crippen LogP contribution in [0.3, 0.4) is 0 Å². The fraction of sp³-hybridized carbons (Fsp3) is 0.524. The van der Waals surface area contributed by atoms with Crippen molar-refractivity contribution in [3.05, 3.63) is 35.4 Å². The Kier molecular flexibility index (Phi) is 6.32. The minimum Gasteiger partial charge on any atom is -0.355 e. The molecule has 1 saturated heterocycles. The summed E-state index contributed by atoms with van der Waals surface area (Å²) >= 11 is 0. The van der Waals surface area contributed by atoms with Crippen LogP contribution in [0.4, 0.5) is 4.79 Å². The SMILES string of the molecule is CNC(=O)c1ccc(C[NH+](C)CN2C(=O)C(=O)N([C@H]3CCCC[C@@H]3C)C2=O)cc1. The predicted molar refractivity (Wildman–Crippen MR) is 106 cm³/mol. The van der Waals surface area contributed by atoms with Crippen molar-refractivity contribution in [1.29, 1.82) is 0 Å². The smallest absolute Gasteiger partial charge is 0.338 e.